The van der Waals surface area contributed by atoms with Crippen molar-refractivity contribution in [3.63, 3.8) is 0 Å². The monoisotopic (exact) mass is 428 g/mol. The minimum absolute atomic E-state index is 0.00652. The number of hydrogen-bond donors (Lipinski definition) is 1. The predicted octanol–water partition coefficient (Wildman–Crippen LogP) is 4.04. The van der Waals surface area contributed by atoms with Crippen molar-refractivity contribution < 1.29 is 9.84 Å². The summed E-state index contributed by atoms with van der Waals surface area (Å²) in [6.45, 7) is 4.05. The maximum atomic E-state index is 11.2. The van der Waals surface area contributed by atoms with Gasteiger partial charge in [0, 0.05) is 42.4 Å². The van der Waals surface area contributed by atoms with Gasteiger partial charge in [-0.3, -0.25) is 0 Å². The number of aromatic nitrogens is 3. The topological polar surface area (TPSA) is 71.4 Å². The van der Waals surface area contributed by atoms with Crippen LogP contribution in [0.2, 0.25) is 5.02 Å². The predicted molar refractivity (Wildman–Crippen MR) is 113 cm³/mol. The summed E-state index contributed by atoms with van der Waals surface area (Å²) in [5.41, 5.74) is 1.91. The summed E-state index contributed by atoms with van der Waals surface area (Å²) in [6.07, 6.45) is 6.74. The smallest absolute Gasteiger partial charge is 0.155 e. The van der Waals surface area contributed by atoms with Crippen LogP contribution in [0.4, 0.5) is 11.5 Å². The molecule has 1 atom stereocenters. The molecule has 8 heteroatoms. The summed E-state index contributed by atoms with van der Waals surface area (Å²) in [7, 11) is 0. The van der Waals surface area contributed by atoms with Gasteiger partial charge in [0.2, 0.25) is 0 Å². The van der Waals surface area contributed by atoms with Crippen LogP contribution >= 0.6 is 22.9 Å². The number of aliphatic hydroxyl groups is 1. The maximum Gasteiger partial charge on any atom is 0.155 e. The highest BCUT2D eigenvalue weighted by molar-refractivity contribution is 7.09. The van der Waals surface area contributed by atoms with Gasteiger partial charge < -0.3 is 14.7 Å². The molecule has 0 radical (unpaired) electrons. The van der Waals surface area contributed by atoms with Gasteiger partial charge in [-0.05, 0) is 37.0 Å². The molecule has 0 bridgehead atoms. The number of fused-ring (bicyclic) bond motifs is 2. The van der Waals surface area contributed by atoms with Crippen LogP contribution in [0, 0.1) is 0 Å². The molecule has 0 saturated carbocycles. The molecule has 0 amide bonds. The average molecular weight is 429 g/mol. The minimum Gasteiger partial charge on any atom is -0.381 e. The van der Waals surface area contributed by atoms with Crippen molar-refractivity contribution in [2.45, 2.75) is 30.8 Å². The van der Waals surface area contributed by atoms with E-state index < -0.39 is 5.60 Å². The van der Waals surface area contributed by atoms with E-state index in [1.54, 1.807) is 19.3 Å². The molecular weight excluding hydrogens is 408 g/mol. The zero-order chi connectivity index (χ0) is 20.1. The van der Waals surface area contributed by atoms with Gasteiger partial charge in [0.25, 0.3) is 0 Å². The lowest BCUT2D eigenvalue weighted by molar-refractivity contribution is 0.0557. The highest BCUT2D eigenvalue weighted by atomic mass is 35.5. The number of anilines is 2. The Morgan fingerprint density at radius 2 is 2.10 bits per heavy atom. The van der Waals surface area contributed by atoms with Crippen molar-refractivity contribution >= 4 is 34.4 Å². The SMILES string of the molecule is C[C@@](O)(c1ccc2c(c1)N(c1ncncc1Cl)CC21CCOCC1)c1nccs1. The number of thiazole rings is 1. The second kappa shape index (κ2) is 7.02. The van der Waals surface area contributed by atoms with Crippen molar-refractivity contribution in [1.82, 2.24) is 15.0 Å². The molecule has 3 aromatic rings. The normalized spacial score (nSPS) is 19.9. The number of halogens is 1. The van der Waals surface area contributed by atoms with E-state index in [1.165, 1.54) is 23.2 Å². The molecule has 29 heavy (non-hydrogen) atoms. The van der Waals surface area contributed by atoms with Crippen molar-refractivity contribution in [2.24, 2.45) is 0 Å². The fraction of sp³-hybridized carbons (Fsp3) is 0.381. The van der Waals surface area contributed by atoms with Crippen LogP contribution in [-0.2, 0) is 15.8 Å². The Kier molecular flexibility index (Phi) is 4.58. The molecule has 1 aromatic carbocycles. The van der Waals surface area contributed by atoms with E-state index in [2.05, 4.69) is 32.0 Å². The molecule has 1 saturated heterocycles. The Balaban J connectivity index is 1.66. The summed E-state index contributed by atoms with van der Waals surface area (Å²) in [5.74, 6) is 0.692. The summed E-state index contributed by atoms with van der Waals surface area (Å²) < 4.78 is 5.65. The largest absolute Gasteiger partial charge is 0.381 e. The van der Waals surface area contributed by atoms with Crippen LogP contribution in [0.25, 0.3) is 0 Å². The highest BCUT2D eigenvalue weighted by Gasteiger charge is 2.45. The van der Waals surface area contributed by atoms with E-state index in [9.17, 15) is 5.11 Å². The Bertz CT molecular complexity index is 1030. The van der Waals surface area contributed by atoms with E-state index in [0.29, 0.717) is 15.8 Å². The van der Waals surface area contributed by atoms with E-state index in [0.717, 1.165) is 43.9 Å². The fourth-order valence-electron chi connectivity index (χ4n) is 4.45. The fourth-order valence-corrected chi connectivity index (χ4v) is 5.38. The molecule has 0 unspecified atom stereocenters. The quantitative estimate of drug-likeness (QED) is 0.678. The van der Waals surface area contributed by atoms with Crippen LogP contribution < -0.4 is 4.90 Å². The summed E-state index contributed by atoms with van der Waals surface area (Å²) in [5, 5.41) is 14.3. The third kappa shape index (κ3) is 3.04. The lowest BCUT2D eigenvalue weighted by Crippen LogP contribution is -2.37. The zero-order valence-corrected chi connectivity index (χ0v) is 17.6. The lowest BCUT2D eigenvalue weighted by atomic mass is 9.75. The Labute approximate surface area is 178 Å². The molecule has 2 aliphatic heterocycles. The molecular formula is C21H21ClN4O2S. The van der Waals surface area contributed by atoms with Crippen LogP contribution in [0.1, 0.15) is 35.9 Å². The van der Waals surface area contributed by atoms with Crippen LogP contribution in [-0.4, -0.2) is 39.8 Å². The molecule has 0 aliphatic carbocycles. The first-order chi connectivity index (χ1) is 14.0. The van der Waals surface area contributed by atoms with Gasteiger partial charge in [-0.15, -0.1) is 11.3 Å². The van der Waals surface area contributed by atoms with E-state index in [-0.39, 0.29) is 5.41 Å². The molecule has 6 nitrogen and oxygen atoms in total. The minimum atomic E-state index is -1.17. The van der Waals surface area contributed by atoms with Gasteiger partial charge in [0.15, 0.2) is 5.82 Å². The summed E-state index contributed by atoms with van der Waals surface area (Å²) >= 11 is 7.91. The van der Waals surface area contributed by atoms with Gasteiger partial charge in [-0.25, -0.2) is 15.0 Å². The van der Waals surface area contributed by atoms with Gasteiger partial charge in [-0.2, -0.15) is 0 Å². The van der Waals surface area contributed by atoms with Crippen LogP contribution in [0.3, 0.4) is 0 Å². The maximum absolute atomic E-state index is 11.2. The first-order valence-electron chi connectivity index (χ1n) is 9.59. The second-order valence-electron chi connectivity index (χ2n) is 7.81. The number of ether oxygens (including phenoxy) is 1. The lowest BCUT2D eigenvalue weighted by Gasteiger charge is -2.34. The van der Waals surface area contributed by atoms with Crippen molar-refractivity contribution in [2.75, 3.05) is 24.7 Å². The van der Waals surface area contributed by atoms with Crippen molar-refractivity contribution in [3.05, 3.63) is 63.5 Å². The van der Waals surface area contributed by atoms with Gasteiger partial charge in [0.05, 0.1) is 6.20 Å². The average Bonchev–Trinajstić information content (AvgIpc) is 3.37. The van der Waals surface area contributed by atoms with Gasteiger partial charge >= 0.3 is 0 Å². The molecule has 2 aliphatic rings. The van der Waals surface area contributed by atoms with E-state index in [4.69, 9.17) is 16.3 Å². The van der Waals surface area contributed by atoms with Crippen LogP contribution in [0.5, 0.6) is 0 Å². The molecule has 1 spiro atoms. The first kappa shape index (κ1) is 18.9. The molecule has 5 rings (SSSR count). The van der Waals surface area contributed by atoms with Crippen LogP contribution in [0.15, 0.2) is 42.3 Å². The molecule has 2 aromatic heterocycles. The number of hydrogen-bond acceptors (Lipinski definition) is 7. The third-order valence-corrected chi connectivity index (χ3v) is 7.34. The summed E-state index contributed by atoms with van der Waals surface area (Å²) in [6, 6.07) is 6.22. The van der Waals surface area contributed by atoms with E-state index in [1.807, 2.05) is 11.4 Å². The zero-order valence-electron chi connectivity index (χ0n) is 16.0. The van der Waals surface area contributed by atoms with Crippen molar-refractivity contribution in [1.29, 1.82) is 0 Å². The summed E-state index contributed by atoms with van der Waals surface area (Å²) in [4.78, 5) is 15.0. The molecule has 1 N–H and O–H groups in total. The number of rotatable bonds is 3. The van der Waals surface area contributed by atoms with Gasteiger partial charge in [0.1, 0.15) is 22.0 Å². The standard InChI is InChI=1S/C21H21ClN4O2S/c1-20(27,19-24-6-9-29-19)14-2-3-15-17(10-14)26(18-16(22)11-23-13-25-18)12-21(15)4-7-28-8-5-21/h2-3,6,9-11,13,27H,4-5,7-8,12H2,1H3/t20-/m1/s1. The number of nitrogens with zero attached hydrogens (tertiary/aromatic N) is 4. The Morgan fingerprint density at radius 1 is 1.28 bits per heavy atom. The highest BCUT2D eigenvalue weighted by Crippen LogP contribution is 2.51. The van der Waals surface area contributed by atoms with Gasteiger partial charge in [-0.1, -0.05) is 23.7 Å². The van der Waals surface area contributed by atoms with E-state index >= 15 is 0 Å². The molecule has 4 heterocycles. The Hall–Kier alpha value is -2.06. The Morgan fingerprint density at radius 3 is 2.83 bits per heavy atom. The molecule has 150 valence electrons. The second-order valence-corrected chi connectivity index (χ2v) is 9.12. The third-order valence-electron chi connectivity index (χ3n) is 6.09. The first-order valence-corrected chi connectivity index (χ1v) is 10.9. The number of benzene rings is 1. The molecule has 1 fully saturated rings. The van der Waals surface area contributed by atoms with Crippen molar-refractivity contribution in [3.8, 4) is 0 Å².